The molecular formula is C20H19N5O2. The fraction of sp³-hybridized carbons (Fsp3) is 0.250. The van der Waals surface area contributed by atoms with Crippen LogP contribution in [0.15, 0.2) is 52.1 Å². The predicted molar refractivity (Wildman–Crippen MR) is 104 cm³/mol. The zero-order valence-electron chi connectivity index (χ0n) is 15.0. The summed E-state index contributed by atoms with van der Waals surface area (Å²) in [6.07, 6.45) is 5.41. The van der Waals surface area contributed by atoms with Crippen molar-refractivity contribution in [3.63, 3.8) is 0 Å². The van der Waals surface area contributed by atoms with E-state index in [1.54, 1.807) is 6.20 Å². The molecule has 136 valence electrons. The van der Waals surface area contributed by atoms with Gasteiger partial charge in [-0.3, -0.25) is 4.98 Å². The molecule has 1 fully saturated rings. The van der Waals surface area contributed by atoms with Crippen LogP contribution in [0.5, 0.6) is 0 Å². The molecule has 3 aromatic heterocycles. The van der Waals surface area contributed by atoms with Crippen LogP contribution in [0.25, 0.3) is 27.9 Å². The third kappa shape index (κ3) is 2.86. The average Bonchev–Trinajstić information content (AvgIpc) is 3.10. The fourth-order valence-corrected chi connectivity index (χ4v) is 3.53. The molecule has 0 atom stereocenters. The van der Waals surface area contributed by atoms with E-state index in [1.807, 2.05) is 41.9 Å². The van der Waals surface area contributed by atoms with Crippen molar-refractivity contribution in [1.29, 1.82) is 0 Å². The molecule has 1 N–H and O–H groups in total. The number of benzene rings is 1. The first-order chi connectivity index (χ1) is 13.2. The molecule has 1 aliphatic heterocycles. The summed E-state index contributed by atoms with van der Waals surface area (Å²) < 4.78 is 7.51. The molecular weight excluding hydrogens is 342 g/mol. The minimum atomic E-state index is -0.381. The van der Waals surface area contributed by atoms with Gasteiger partial charge in [-0.25, -0.2) is 9.78 Å². The number of hydrogen-bond donors (Lipinski definition) is 1. The van der Waals surface area contributed by atoms with Gasteiger partial charge < -0.3 is 19.0 Å². The molecule has 27 heavy (non-hydrogen) atoms. The highest BCUT2D eigenvalue weighted by Crippen LogP contribution is 2.25. The Bertz CT molecular complexity index is 1200. The van der Waals surface area contributed by atoms with E-state index in [0.29, 0.717) is 22.5 Å². The molecule has 1 aliphatic rings. The summed E-state index contributed by atoms with van der Waals surface area (Å²) in [6.45, 7) is 5.73. The Balaban J connectivity index is 1.58. The van der Waals surface area contributed by atoms with Gasteiger partial charge in [0.05, 0.1) is 23.1 Å². The Morgan fingerprint density at radius 3 is 2.85 bits per heavy atom. The Labute approximate surface area is 155 Å². The van der Waals surface area contributed by atoms with E-state index in [9.17, 15) is 4.79 Å². The second-order valence-electron chi connectivity index (χ2n) is 6.83. The predicted octanol–water partition coefficient (Wildman–Crippen LogP) is 2.22. The number of fused-ring (bicyclic) bond motifs is 2. The maximum Gasteiger partial charge on any atom is 0.345 e. The monoisotopic (exact) mass is 361 g/mol. The lowest BCUT2D eigenvalue weighted by atomic mass is 10.1. The van der Waals surface area contributed by atoms with Crippen molar-refractivity contribution >= 4 is 22.3 Å². The van der Waals surface area contributed by atoms with Gasteiger partial charge in [0.2, 0.25) is 0 Å². The van der Waals surface area contributed by atoms with Crippen LogP contribution < -0.4 is 15.8 Å². The first-order valence-electron chi connectivity index (χ1n) is 9.03. The van der Waals surface area contributed by atoms with Crippen LogP contribution in [0.1, 0.15) is 5.69 Å². The third-order valence-electron chi connectivity index (χ3n) is 4.95. The molecule has 1 aromatic carbocycles. The van der Waals surface area contributed by atoms with E-state index in [4.69, 9.17) is 4.42 Å². The average molecular weight is 361 g/mol. The van der Waals surface area contributed by atoms with Gasteiger partial charge in [0, 0.05) is 55.7 Å². The van der Waals surface area contributed by atoms with Gasteiger partial charge in [-0.1, -0.05) is 0 Å². The van der Waals surface area contributed by atoms with Crippen LogP contribution >= 0.6 is 0 Å². The molecule has 5 rings (SSSR count). The van der Waals surface area contributed by atoms with Crippen LogP contribution in [-0.2, 0) is 0 Å². The van der Waals surface area contributed by atoms with Crippen LogP contribution in [0.3, 0.4) is 0 Å². The number of piperazine rings is 1. The number of anilines is 1. The van der Waals surface area contributed by atoms with Gasteiger partial charge in [-0.2, -0.15) is 0 Å². The molecule has 1 saturated heterocycles. The lowest BCUT2D eigenvalue weighted by Crippen LogP contribution is -2.43. The Morgan fingerprint density at radius 1 is 1.15 bits per heavy atom. The number of rotatable bonds is 2. The van der Waals surface area contributed by atoms with Crippen molar-refractivity contribution in [3.05, 3.63) is 59.0 Å². The lowest BCUT2D eigenvalue weighted by molar-refractivity contribution is 0.561. The highest BCUT2D eigenvalue weighted by atomic mass is 16.4. The van der Waals surface area contributed by atoms with Crippen molar-refractivity contribution in [2.75, 3.05) is 31.1 Å². The molecule has 4 heterocycles. The molecule has 0 bridgehead atoms. The summed E-state index contributed by atoms with van der Waals surface area (Å²) in [4.78, 5) is 23.7. The topological polar surface area (TPSA) is 75.7 Å². The summed E-state index contributed by atoms with van der Waals surface area (Å²) in [6, 6.07) is 7.88. The summed E-state index contributed by atoms with van der Waals surface area (Å²) in [5.41, 5.74) is 3.92. The van der Waals surface area contributed by atoms with Crippen molar-refractivity contribution < 1.29 is 4.42 Å². The second kappa shape index (κ2) is 6.21. The van der Waals surface area contributed by atoms with Gasteiger partial charge in [0.25, 0.3) is 0 Å². The summed E-state index contributed by atoms with van der Waals surface area (Å²) >= 11 is 0. The quantitative estimate of drug-likeness (QED) is 0.552. The van der Waals surface area contributed by atoms with Crippen molar-refractivity contribution in [1.82, 2.24) is 19.7 Å². The lowest BCUT2D eigenvalue weighted by Gasteiger charge is -2.29. The number of imidazole rings is 1. The first-order valence-corrected chi connectivity index (χ1v) is 9.03. The normalized spacial score (nSPS) is 14.9. The van der Waals surface area contributed by atoms with Gasteiger partial charge in [0.15, 0.2) is 5.65 Å². The molecule has 0 unspecified atom stereocenters. The van der Waals surface area contributed by atoms with E-state index in [-0.39, 0.29) is 5.63 Å². The Kier molecular flexibility index (Phi) is 3.68. The third-order valence-corrected chi connectivity index (χ3v) is 4.95. The maximum atomic E-state index is 12.6. The molecule has 4 aromatic rings. The van der Waals surface area contributed by atoms with E-state index in [2.05, 4.69) is 26.3 Å². The minimum absolute atomic E-state index is 0.381. The summed E-state index contributed by atoms with van der Waals surface area (Å²) in [5.74, 6) is 0. The number of nitrogens with zero attached hydrogens (tertiary/aromatic N) is 4. The van der Waals surface area contributed by atoms with Crippen LogP contribution in [0.4, 0.5) is 5.69 Å². The Hall–Kier alpha value is -3.19. The smallest absolute Gasteiger partial charge is 0.345 e. The fourth-order valence-electron chi connectivity index (χ4n) is 3.53. The SMILES string of the molecule is Cc1cn2cc(-c3cc4ccc(N5CCNCC5)cc4oc3=O)nc2cn1. The number of hydrogen-bond acceptors (Lipinski definition) is 6. The molecule has 7 nitrogen and oxygen atoms in total. The van der Waals surface area contributed by atoms with Crippen molar-refractivity contribution in [2.24, 2.45) is 0 Å². The minimum Gasteiger partial charge on any atom is -0.422 e. The largest absolute Gasteiger partial charge is 0.422 e. The molecule has 7 heteroatoms. The highest BCUT2D eigenvalue weighted by molar-refractivity contribution is 5.84. The van der Waals surface area contributed by atoms with E-state index in [1.165, 1.54) is 0 Å². The molecule has 0 radical (unpaired) electrons. The second-order valence-corrected chi connectivity index (χ2v) is 6.83. The number of aromatic nitrogens is 3. The van der Waals surface area contributed by atoms with E-state index >= 15 is 0 Å². The standard InChI is InChI=1S/C20H19N5O2/c1-13-11-25-12-17(23-19(25)10-22-13)16-8-14-2-3-15(9-18(14)27-20(16)26)24-6-4-21-5-7-24/h2-3,8-12,21H,4-7H2,1H3. The van der Waals surface area contributed by atoms with Gasteiger partial charge in [0.1, 0.15) is 5.58 Å². The molecule has 0 spiro atoms. The maximum absolute atomic E-state index is 12.6. The first kappa shape index (κ1) is 16.0. The zero-order valence-corrected chi connectivity index (χ0v) is 15.0. The molecule has 0 amide bonds. The van der Waals surface area contributed by atoms with Gasteiger partial charge >= 0.3 is 5.63 Å². The van der Waals surface area contributed by atoms with Crippen LogP contribution in [0, 0.1) is 6.92 Å². The highest BCUT2D eigenvalue weighted by Gasteiger charge is 2.15. The molecule has 0 aliphatic carbocycles. The number of nitrogens with one attached hydrogen (secondary N) is 1. The van der Waals surface area contributed by atoms with E-state index < -0.39 is 0 Å². The Morgan fingerprint density at radius 2 is 2.00 bits per heavy atom. The van der Waals surface area contributed by atoms with E-state index in [0.717, 1.165) is 42.9 Å². The zero-order chi connectivity index (χ0) is 18.4. The van der Waals surface area contributed by atoms with Crippen molar-refractivity contribution in [2.45, 2.75) is 6.92 Å². The van der Waals surface area contributed by atoms with Gasteiger partial charge in [-0.15, -0.1) is 0 Å². The molecule has 0 saturated carbocycles. The summed E-state index contributed by atoms with van der Waals surface area (Å²) in [5, 5.41) is 4.23. The van der Waals surface area contributed by atoms with Crippen LogP contribution in [-0.4, -0.2) is 40.5 Å². The number of aryl methyl sites for hydroxylation is 1. The van der Waals surface area contributed by atoms with Crippen molar-refractivity contribution in [3.8, 4) is 11.3 Å². The van der Waals surface area contributed by atoms with Crippen LogP contribution in [0.2, 0.25) is 0 Å². The summed E-state index contributed by atoms with van der Waals surface area (Å²) in [7, 11) is 0. The van der Waals surface area contributed by atoms with Gasteiger partial charge in [-0.05, 0) is 25.1 Å².